The van der Waals surface area contributed by atoms with Crippen molar-refractivity contribution in [3.63, 3.8) is 0 Å². The van der Waals surface area contributed by atoms with Crippen LogP contribution < -0.4 is 10.3 Å². The summed E-state index contributed by atoms with van der Waals surface area (Å²) in [4.78, 5) is 28.8. The van der Waals surface area contributed by atoms with E-state index < -0.39 is 33.7 Å². The number of aromatic nitrogens is 2. The van der Waals surface area contributed by atoms with E-state index in [1.807, 2.05) is 0 Å². The fourth-order valence-corrected chi connectivity index (χ4v) is 4.39. The van der Waals surface area contributed by atoms with Crippen LogP contribution in [-0.4, -0.2) is 20.8 Å². The molecule has 0 aliphatic rings. The fraction of sp³-hybridized carbons (Fsp3) is 0.0690. The molecule has 13 heteroatoms. The summed E-state index contributed by atoms with van der Waals surface area (Å²) < 4.78 is 60.1. The summed E-state index contributed by atoms with van der Waals surface area (Å²) >= 11 is 6.30. The van der Waals surface area contributed by atoms with Gasteiger partial charge in [0.1, 0.15) is 12.4 Å². The minimum atomic E-state index is -4.64. The lowest BCUT2D eigenvalue weighted by molar-refractivity contribution is -0.385. The van der Waals surface area contributed by atoms with Gasteiger partial charge in [0.15, 0.2) is 5.82 Å². The molecule has 8 nitrogen and oxygen atoms in total. The maximum Gasteiger partial charge on any atom is 0.416 e. The number of nitrogens with zero attached hydrogens (tertiary/aromatic N) is 4. The zero-order valence-electron chi connectivity index (χ0n) is 21.2. The molecule has 0 unspecified atom stereocenters. The molecule has 0 aliphatic heterocycles. The second-order valence-electron chi connectivity index (χ2n) is 8.92. The Morgan fingerprint density at radius 2 is 1.79 bits per heavy atom. The molecule has 0 saturated heterocycles. The molecule has 0 aliphatic carbocycles. The lowest BCUT2D eigenvalue weighted by atomic mass is 10.1. The summed E-state index contributed by atoms with van der Waals surface area (Å²) in [5, 5.41) is 16.0. The van der Waals surface area contributed by atoms with E-state index in [-0.39, 0.29) is 45.2 Å². The molecule has 5 aromatic rings. The molecule has 0 bridgehead atoms. The molecule has 0 N–H and O–H groups in total. The smallest absolute Gasteiger partial charge is 0.416 e. The van der Waals surface area contributed by atoms with Gasteiger partial charge in [0.2, 0.25) is 5.75 Å². The highest BCUT2D eigenvalue weighted by Gasteiger charge is 2.31. The first-order valence-electron chi connectivity index (χ1n) is 12.1. The SMILES string of the molecule is O=c1c2ccccc2nc(-c2cccc(C(F)(F)F)c2)n1N=Cc1cc(Cl)c(OCc2cccc(F)c2)c([N+](=O)[O-])c1. The Bertz CT molecular complexity index is 1930. The van der Waals surface area contributed by atoms with Crippen molar-refractivity contribution in [1.29, 1.82) is 0 Å². The fourth-order valence-electron chi connectivity index (χ4n) is 4.11. The first-order chi connectivity index (χ1) is 20.0. The van der Waals surface area contributed by atoms with Gasteiger partial charge in [0.25, 0.3) is 5.56 Å². The summed E-state index contributed by atoms with van der Waals surface area (Å²) in [5.74, 6) is -0.958. The Morgan fingerprint density at radius 3 is 2.52 bits per heavy atom. The van der Waals surface area contributed by atoms with E-state index in [4.69, 9.17) is 16.3 Å². The van der Waals surface area contributed by atoms with E-state index >= 15 is 0 Å². The normalized spacial score (nSPS) is 11.7. The van der Waals surface area contributed by atoms with Crippen LogP contribution in [0.15, 0.2) is 94.8 Å². The zero-order chi connectivity index (χ0) is 30.0. The molecule has 0 fully saturated rings. The van der Waals surface area contributed by atoms with Gasteiger partial charge in [-0.2, -0.15) is 22.9 Å². The summed E-state index contributed by atoms with van der Waals surface area (Å²) in [7, 11) is 0. The van der Waals surface area contributed by atoms with Gasteiger partial charge >= 0.3 is 11.9 Å². The first kappa shape index (κ1) is 28.4. The summed E-state index contributed by atoms with van der Waals surface area (Å²) in [6, 6.07) is 18.4. The predicted octanol–water partition coefficient (Wildman–Crippen LogP) is 7.24. The molecule has 0 spiro atoms. The number of hydrogen-bond acceptors (Lipinski definition) is 6. The van der Waals surface area contributed by atoms with Gasteiger partial charge in [-0.05, 0) is 48.0 Å². The third kappa shape index (κ3) is 5.98. The molecule has 1 heterocycles. The molecule has 0 radical (unpaired) electrons. The second kappa shape index (κ2) is 11.4. The van der Waals surface area contributed by atoms with E-state index in [0.717, 1.165) is 29.1 Å². The van der Waals surface area contributed by atoms with Crippen LogP contribution in [0.4, 0.5) is 23.2 Å². The van der Waals surface area contributed by atoms with Gasteiger partial charge < -0.3 is 4.74 Å². The molecule has 0 atom stereocenters. The number of alkyl halides is 3. The van der Waals surface area contributed by atoms with Crippen LogP contribution in [0.3, 0.4) is 0 Å². The Hall–Kier alpha value is -5.10. The Morgan fingerprint density at radius 1 is 1.02 bits per heavy atom. The Labute approximate surface area is 239 Å². The van der Waals surface area contributed by atoms with Crippen molar-refractivity contribution < 1.29 is 27.2 Å². The summed E-state index contributed by atoms with van der Waals surface area (Å²) in [6.45, 7) is -0.204. The van der Waals surface area contributed by atoms with Gasteiger partial charge in [-0.1, -0.05) is 48.0 Å². The topological polar surface area (TPSA) is 99.6 Å². The number of halogens is 5. The molecule has 0 saturated carbocycles. The van der Waals surface area contributed by atoms with Crippen molar-refractivity contribution >= 4 is 34.4 Å². The maximum absolute atomic E-state index is 13.5. The number of nitro groups is 1. The minimum absolute atomic E-state index is 0.0325. The first-order valence-corrected chi connectivity index (χ1v) is 12.5. The number of fused-ring (bicyclic) bond motifs is 1. The van der Waals surface area contributed by atoms with E-state index in [9.17, 15) is 32.5 Å². The van der Waals surface area contributed by atoms with Crippen LogP contribution in [0.2, 0.25) is 5.02 Å². The zero-order valence-corrected chi connectivity index (χ0v) is 21.9. The van der Waals surface area contributed by atoms with Gasteiger partial charge in [0, 0.05) is 17.2 Å². The van der Waals surface area contributed by atoms with Gasteiger partial charge in [-0.15, -0.1) is 0 Å². The second-order valence-corrected chi connectivity index (χ2v) is 9.33. The summed E-state index contributed by atoms with van der Waals surface area (Å²) in [5.41, 5.74) is -1.46. The van der Waals surface area contributed by atoms with Crippen molar-refractivity contribution in [3.05, 3.63) is 133 Å². The van der Waals surface area contributed by atoms with E-state index in [1.165, 1.54) is 48.5 Å². The lowest BCUT2D eigenvalue weighted by Gasteiger charge is -2.12. The molecular formula is C29H17ClF4N4O4. The highest BCUT2D eigenvalue weighted by Crippen LogP contribution is 2.37. The monoisotopic (exact) mass is 596 g/mol. The largest absolute Gasteiger partial charge is 0.481 e. The van der Waals surface area contributed by atoms with Gasteiger partial charge in [-0.3, -0.25) is 14.9 Å². The van der Waals surface area contributed by atoms with Gasteiger partial charge in [0.05, 0.1) is 32.6 Å². The number of para-hydroxylation sites is 1. The third-order valence-electron chi connectivity index (χ3n) is 6.04. The van der Waals surface area contributed by atoms with Crippen LogP contribution in [0, 0.1) is 15.9 Å². The number of benzene rings is 4. The van der Waals surface area contributed by atoms with E-state index in [0.29, 0.717) is 5.56 Å². The maximum atomic E-state index is 13.5. The number of hydrogen-bond donors (Lipinski definition) is 0. The van der Waals surface area contributed by atoms with Crippen LogP contribution in [-0.2, 0) is 12.8 Å². The van der Waals surface area contributed by atoms with Crippen LogP contribution in [0.25, 0.3) is 22.3 Å². The van der Waals surface area contributed by atoms with Crippen molar-refractivity contribution in [2.45, 2.75) is 12.8 Å². The standard InChI is InChI=1S/C29H17ClF4N4O4/c30-23-12-18(13-25(38(40)41)26(23)42-16-17-5-3-8-21(31)11-17)15-35-37-27(19-6-4-7-20(14-19)29(32,33)34)36-24-10-2-1-9-22(24)28(37)39/h1-15H,16H2. The minimum Gasteiger partial charge on any atom is -0.481 e. The molecule has 4 aromatic carbocycles. The average Bonchev–Trinajstić information content (AvgIpc) is 2.95. The molecule has 42 heavy (non-hydrogen) atoms. The molecular weight excluding hydrogens is 580 g/mol. The molecule has 5 rings (SSSR count). The van der Waals surface area contributed by atoms with Crippen LogP contribution in [0.1, 0.15) is 16.7 Å². The number of ether oxygens (including phenoxy) is 1. The molecule has 0 amide bonds. The van der Waals surface area contributed by atoms with Crippen LogP contribution in [0.5, 0.6) is 5.75 Å². The average molecular weight is 597 g/mol. The lowest BCUT2D eigenvalue weighted by Crippen LogP contribution is -2.20. The van der Waals surface area contributed by atoms with Crippen LogP contribution >= 0.6 is 11.6 Å². The predicted molar refractivity (Wildman–Crippen MR) is 148 cm³/mol. The van der Waals surface area contributed by atoms with Crippen molar-refractivity contribution in [2.75, 3.05) is 0 Å². The quantitative estimate of drug-likeness (QED) is 0.0853. The number of rotatable bonds is 7. The van der Waals surface area contributed by atoms with E-state index in [1.54, 1.807) is 18.2 Å². The van der Waals surface area contributed by atoms with Crippen molar-refractivity contribution in [3.8, 4) is 17.1 Å². The third-order valence-corrected chi connectivity index (χ3v) is 6.32. The molecule has 212 valence electrons. The number of nitro benzene ring substituents is 1. The highest BCUT2D eigenvalue weighted by atomic mass is 35.5. The Kier molecular flexibility index (Phi) is 7.72. The van der Waals surface area contributed by atoms with Gasteiger partial charge in [-0.25, -0.2) is 9.37 Å². The summed E-state index contributed by atoms with van der Waals surface area (Å²) in [6.07, 6.45) is -3.56. The van der Waals surface area contributed by atoms with Crippen molar-refractivity contribution in [1.82, 2.24) is 9.66 Å². The van der Waals surface area contributed by atoms with Crippen molar-refractivity contribution in [2.24, 2.45) is 5.10 Å². The molecule has 1 aromatic heterocycles. The Balaban J connectivity index is 1.58. The highest BCUT2D eigenvalue weighted by molar-refractivity contribution is 6.32. The van der Waals surface area contributed by atoms with E-state index in [2.05, 4.69) is 10.1 Å².